The molecule has 2 aromatic carbocycles. The number of nitrogens with zero attached hydrogens (tertiary/aromatic N) is 1. The lowest BCUT2D eigenvalue weighted by atomic mass is 9.72. The lowest BCUT2D eigenvalue weighted by molar-refractivity contribution is -0.116. The molecule has 152 valence electrons. The fourth-order valence-corrected chi connectivity index (χ4v) is 4.69. The number of ketones is 1. The number of fused-ring (bicyclic) bond motifs is 1. The van der Waals surface area contributed by atoms with Crippen LogP contribution in [0.5, 0.6) is 5.75 Å². The number of carbonyl (C=O) groups excluding carboxylic acids is 1. The number of anilines is 1. The molecule has 0 saturated carbocycles. The summed E-state index contributed by atoms with van der Waals surface area (Å²) in [5, 5.41) is 7.57. The number of allylic oxidation sites excluding steroid dienone is 2. The molecular formula is C25H24N2O3. The third-order valence-electron chi connectivity index (χ3n) is 6.05. The Kier molecular flexibility index (Phi) is 4.66. The molecule has 2 atom stereocenters. The molecule has 5 heteroatoms. The molecule has 1 N–H and O–H groups in total. The van der Waals surface area contributed by atoms with Gasteiger partial charge in [-0.05, 0) is 49.4 Å². The van der Waals surface area contributed by atoms with Gasteiger partial charge >= 0.3 is 0 Å². The summed E-state index contributed by atoms with van der Waals surface area (Å²) in [7, 11) is 0. The normalized spacial score (nSPS) is 20.4. The first-order valence-electron chi connectivity index (χ1n) is 10.4. The van der Waals surface area contributed by atoms with Gasteiger partial charge in [0, 0.05) is 23.6 Å². The second-order valence-electron chi connectivity index (χ2n) is 7.90. The third kappa shape index (κ3) is 3.11. The van der Waals surface area contributed by atoms with Crippen molar-refractivity contribution in [3.8, 4) is 5.75 Å². The summed E-state index contributed by atoms with van der Waals surface area (Å²) in [6.45, 7) is 4.52. The first-order valence-corrected chi connectivity index (χ1v) is 10.4. The number of aromatic nitrogens is 1. The van der Waals surface area contributed by atoms with E-state index in [2.05, 4.69) is 22.6 Å². The largest absolute Gasteiger partial charge is 0.494 e. The van der Waals surface area contributed by atoms with Crippen molar-refractivity contribution in [3.63, 3.8) is 0 Å². The van der Waals surface area contributed by atoms with Gasteiger partial charge in [-0.15, -0.1) is 0 Å². The summed E-state index contributed by atoms with van der Waals surface area (Å²) in [5.41, 5.74) is 5.78. The summed E-state index contributed by atoms with van der Waals surface area (Å²) >= 11 is 0. The molecule has 0 spiro atoms. The molecule has 2 heterocycles. The Hall–Kier alpha value is -3.34. The highest BCUT2D eigenvalue weighted by Gasteiger charge is 2.41. The highest BCUT2D eigenvalue weighted by atomic mass is 16.5. The van der Waals surface area contributed by atoms with E-state index in [-0.39, 0.29) is 17.6 Å². The number of carbonyl (C=O) groups is 1. The van der Waals surface area contributed by atoms with Gasteiger partial charge in [0.25, 0.3) is 0 Å². The highest BCUT2D eigenvalue weighted by Crippen LogP contribution is 2.49. The molecule has 0 fully saturated rings. The van der Waals surface area contributed by atoms with Gasteiger partial charge in [0.05, 0.1) is 17.9 Å². The van der Waals surface area contributed by atoms with Crippen LogP contribution in [0.25, 0.3) is 0 Å². The van der Waals surface area contributed by atoms with Gasteiger partial charge in [-0.3, -0.25) is 4.79 Å². The fraction of sp³-hybridized carbons (Fsp3) is 0.280. The van der Waals surface area contributed by atoms with Crippen molar-refractivity contribution in [3.05, 3.63) is 88.3 Å². The van der Waals surface area contributed by atoms with Crippen LogP contribution in [0.2, 0.25) is 0 Å². The van der Waals surface area contributed by atoms with Crippen molar-refractivity contribution in [2.24, 2.45) is 0 Å². The van der Waals surface area contributed by atoms with Gasteiger partial charge < -0.3 is 14.6 Å². The van der Waals surface area contributed by atoms with Gasteiger partial charge in [-0.1, -0.05) is 47.6 Å². The molecule has 0 radical (unpaired) electrons. The van der Waals surface area contributed by atoms with Crippen molar-refractivity contribution >= 4 is 11.7 Å². The quantitative estimate of drug-likeness (QED) is 0.640. The predicted molar refractivity (Wildman–Crippen MR) is 115 cm³/mol. The van der Waals surface area contributed by atoms with Gasteiger partial charge in [-0.2, -0.15) is 0 Å². The summed E-state index contributed by atoms with van der Waals surface area (Å²) in [6, 6.07) is 18.3. The maximum absolute atomic E-state index is 13.4. The Balaban J connectivity index is 1.58. The second kappa shape index (κ2) is 7.48. The van der Waals surface area contributed by atoms with E-state index in [9.17, 15) is 4.79 Å². The first kappa shape index (κ1) is 18.7. The predicted octanol–water partition coefficient (Wildman–Crippen LogP) is 5.34. The number of hydrogen-bond acceptors (Lipinski definition) is 5. The number of hydrogen-bond donors (Lipinski definition) is 1. The van der Waals surface area contributed by atoms with Crippen molar-refractivity contribution in [2.45, 2.75) is 38.5 Å². The van der Waals surface area contributed by atoms with E-state index in [4.69, 9.17) is 9.26 Å². The molecule has 1 aliphatic carbocycles. The van der Waals surface area contributed by atoms with Gasteiger partial charge in [0.1, 0.15) is 5.75 Å². The van der Waals surface area contributed by atoms with Crippen molar-refractivity contribution in [1.29, 1.82) is 0 Å². The number of nitrogens with one attached hydrogen (secondary N) is 1. The minimum atomic E-state index is -0.178. The number of benzene rings is 2. The average molecular weight is 400 g/mol. The zero-order chi connectivity index (χ0) is 20.7. The maximum Gasteiger partial charge on any atom is 0.233 e. The van der Waals surface area contributed by atoms with Crippen LogP contribution >= 0.6 is 0 Å². The molecule has 3 aromatic rings. The van der Waals surface area contributed by atoms with Gasteiger partial charge in [0.2, 0.25) is 5.88 Å². The molecule has 0 bridgehead atoms. The van der Waals surface area contributed by atoms with E-state index < -0.39 is 0 Å². The molecule has 2 aliphatic rings. The molecular weight excluding hydrogens is 376 g/mol. The molecule has 5 rings (SSSR count). The van der Waals surface area contributed by atoms with Crippen molar-refractivity contribution in [1.82, 2.24) is 5.16 Å². The third-order valence-corrected chi connectivity index (χ3v) is 6.05. The zero-order valence-electron chi connectivity index (χ0n) is 17.1. The van der Waals surface area contributed by atoms with Crippen LogP contribution in [-0.2, 0) is 4.79 Å². The molecule has 0 unspecified atom stereocenters. The Bertz CT molecular complexity index is 1110. The SMILES string of the molecule is CCOc1ccc([C@H]2C3=C(C[C@H](c4ccccc4)CC3=O)Nc3onc(C)c32)cc1. The minimum Gasteiger partial charge on any atom is -0.494 e. The molecule has 1 aromatic heterocycles. The highest BCUT2D eigenvalue weighted by molar-refractivity contribution is 6.01. The molecule has 0 amide bonds. The van der Waals surface area contributed by atoms with E-state index in [0.717, 1.165) is 40.3 Å². The lowest BCUT2D eigenvalue weighted by Crippen LogP contribution is -2.29. The maximum atomic E-state index is 13.4. The summed E-state index contributed by atoms with van der Waals surface area (Å²) < 4.78 is 11.2. The number of rotatable bonds is 4. The van der Waals surface area contributed by atoms with Crippen LogP contribution < -0.4 is 10.1 Å². The van der Waals surface area contributed by atoms with E-state index in [1.54, 1.807) is 0 Å². The average Bonchev–Trinajstić information content (AvgIpc) is 3.14. The number of ether oxygens (including phenoxy) is 1. The van der Waals surface area contributed by atoms with Crippen LogP contribution in [0, 0.1) is 6.92 Å². The molecule has 0 saturated heterocycles. The Morgan fingerprint density at radius 2 is 1.83 bits per heavy atom. The Morgan fingerprint density at radius 1 is 1.07 bits per heavy atom. The number of aryl methyl sites for hydroxylation is 1. The van der Waals surface area contributed by atoms with E-state index in [1.165, 1.54) is 5.56 Å². The van der Waals surface area contributed by atoms with Crippen LogP contribution in [0.3, 0.4) is 0 Å². The Morgan fingerprint density at radius 3 is 2.57 bits per heavy atom. The van der Waals surface area contributed by atoms with Crippen LogP contribution in [0.4, 0.5) is 5.88 Å². The van der Waals surface area contributed by atoms with Crippen LogP contribution in [0.15, 0.2) is 70.4 Å². The summed E-state index contributed by atoms with van der Waals surface area (Å²) in [6.07, 6.45) is 1.29. The topological polar surface area (TPSA) is 64.4 Å². The van der Waals surface area contributed by atoms with Crippen LogP contribution in [0.1, 0.15) is 54.0 Å². The van der Waals surface area contributed by atoms with E-state index in [0.29, 0.717) is 18.9 Å². The zero-order valence-corrected chi connectivity index (χ0v) is 17.1. The fourth-order valence-electron chi connectivity index (χ4n) is 4.69. The second-order valence-corrected chi connectivity index (χ2v) is 7.90. The monoisotopic (exact) mass is 400 g/mol. The van der Waals surface area contributed by atoms with E-state index >= 15 is 0 Å². The lowest BCUT2D eigenvalue weighted by Gasteiger charge is -2.34. The molecule has 1 aliphatic heterocycles. The minimum absolute atomic E-state index is 0.163. The standard InChI is InChI=1S/C25H24N2O3/c1-3-29-19-11-9-17(10-12-19)23-22-15(2)27-30-25(22)26-20-13-18(14-21(28)24(20)23)16-7-5-4-6-8-16/h4-12,18,23,26H,3,13-14H2,1-2H3/t18-,23+/m0/s1. The summed E-state index contributed by atoms with van der Waals surface area (Å²) in [5.74, 6) is 1.64. The molecule has 30 heavy (non-hydrogen) atoms. The van der Waals surface area contributed by atoms with Crippen LogP contribution in [-0.4, -0.2) is 17.5 Å². The van der Waals surface area contributed by atoms with Gasteiger partial charge in [-0.25, -0.2) is 0 Å². The molecule has 5 nitrogen and oxygen atoms in total. The number of Topliss-reactive ketones (excluding diaryl/α,β-unsaturated/α-hetero) is 1. The first-order chi connectivity index (χ1) is 14.7. The summed E-state index contributed by atoms with van der Waals surface area (Å²) in [4.78, 5) is 13.4. The van der Waals surface area contributed by atoms with E-state index in [1.807, 2.05) is 56.3 Å². The van der Waals surface area contributed by atoms with Crippen molar-refractivity contribution < 1.29 is 14.1 Å². The van der Waals surface area contributed by atoms with Gasteiger partial charge in [0.15, 0.2) is 5.78 Å². The smallest absolute Gasteiger partial charge is 0.233 e. The van der Waals surface area contributed by atoms with Crippen molar-refractivity contribution in [2.75, 3.05) is 11.9 Å². The Labute approximate surface area is 175 Å².